The molecule has 0 spiro atoms. The van der Waals surface area contributed by atoms with Gasteiger partial charge in [-0.2, -0.15) is 0 Å². The minimum Gasteiger partial charge on any atom is -0.324 e. The van der Waals surface area contributed by atoms with Crippen molar-refractivity contribution >= 4 is 12.4 Å². The monoisotopic (exact) mass is 217 g/mol. The van der Waals surface area contributed by atoms with Crippen molar-refractivity contribution in [2.24, 2.45) is 11.7 Å². The molecule has 0 aliphatic carbocycles. The second-order valence-electron chi connectivity index (χ2n) is 3.47. The van der Waals surface area contributed by atoms with E-state index in [1.165, 1.54) is 12.1 Å². The highest BCUT2D eigenvalue weighted by atomic mass is 35.5. The van der Waals surface area contributed by atoms with Crippen molar-refractivity contribution in [2.45, 2.75) is 26.3 Å². The van der Waals surface area contributed by atoms with Gasteiger partial charge in [-0.25, -0.2) is 4.39 Å². The lowest BCUT2D eigenvalue weighted by Gasteiger charge is -2.18. The van der Waals surface area contributed by atoms with E-state index in [1.807, 2.05) is 6.07 Å². The number of benzene rings is 1. The van der Waals surface area contributed by atoms with Crippen molar-refractivity contribution in [1.29, 1.82) is 0 Å². The molecule has 1 unspecified atom stereocenters. The number of halogens is 2. The zero-order valence-electron chi connectivity index (χ0n) is 8.53. The Labute approximate surface area is 90.9 Å². The van der Waals surface area contributed by atoms with E-state index in [9.17, 15) is 4.39 Å². The van der Waals surface area contributed by atoms with Gasteiger partial charge in [0.05, 0.1) is 0 Å². The molecular weight excluding hydrogens is 201 g/mol. The molecule has 0 aromatic heterocycles. The third kappa shape index (κ3) is 3.28. The summed E-state index contributed by atoms with van der Waals surface area (Å²) in [6.45, 7) is 4.17. The summed E-state index contributed by atoms with van der Waals surface area (Å²) in [6, 6.07) is 6.47. The van der Waals surface area contributed by atoms with Gasteiger partial charge >= 0.3 is 0 Å². The van der Waals surface area contributed by atoms with E-state index >= 15 is 0 Å². The van der Waals surface area contributed by atoms with Crippen molar-refractivity contribution in [3.63, 3.8) is 0 Å². The van der Waals surface area contributed by atoms with Crippen molar-refractivity contribution in [2.75, 3.05) is 0 Å². The lowest BCUT2D eigenvalue weighted by atomic mass is 9.93. The average molecular weight is 218 g/mol. The maximum Gasteiger partial charge on any atom is 0.123 e. The van der Waals surface area contributed by atoms with E-state index in [1.54, 1.807) is 6.07 Å². The predicted octanol–water partition coefficient (Wildman–Crippen LogP) is 3.29. The number of rotatable bonds is 3. The zero-order chi connectivity index (χ0) is 9.84. The quantitative estimate of drug-likeness (QED) is 0.826. The van der Waals surface area contributed by atoms with Crippen molar-refractivity contribution < 1.29 is 4.39 Å². The lowest BCUT2D eigenvalue weighted by molar-refractivity contribution is 0.455. The molecule has 1 aromatic carbocycles. The van der Waals surface area contributed by atoms with Crippen LogP contribution in [0.5, 0.6) is 0 Å². The lowest BCUT2D eigenvalue weighted by Crippen LogP contribution is -2.18. The summed E-state index contributed by atoms with van der Waals surface area (Å²) in [5.41, 5.74) is 6.83. The molecule has 0 saturated carbocycles. The summed E-state index contributed by atoms with van der Waals surface area (Å²) in [5.74, 6) is 0.179. The van der Waals surface area contributed by atoms with E-state index in [0.29, 0.717) is 5.92 Å². The Morgan fingerprint density at radius 1 is 1.43 bits per heavy atom. The summed E-state index contributed by atoms with van der Waals surface area (Å²) < 4.78 is 12.8. The highest BCUT2D eigenvalue weighted by molar-refractivity contribution is 5.85. The summed E-state index contributed by atoms with van der Waals surface area (Å²) in [4.78, 5) is 0. The number of hydrogen-bond donors (Lipinski definition) is 1. The summed E-state index contributed by atoms with van der Waals surface area (Å²) in [7, 11) is 0. The van der Waals surface area contributed by atoms with Gasteiger partial charge in [0.15, 0.2) is 0 Å². The molecular formula is C11H17ClFN. The smallest absolute Gasteiger partial charge is 0.123 e. The minimum atomic E-state index is -0.212. The van der Waals surface area contributed by atoms with Crippen molar-refractivity contribution in [1.82, 2.24) is 0 Å². The molecule has 80 valence electrons. The molecule has 14 heavy (non-hydrogen) atoms. The third-order valence-electron chi connectivity index (χ3n) is 2.49. The summed E-state index contributed by atoms with van der Waals surface area (Å²) in [6.07, 6.45) is 1.01. The fraction of sp³-hybridized carbons (Fsp3) is 0.455. The summed E-state index contributed by atoms with van der Waals surface area (Å²) >= 11 is 0. The fourth-order valence-electron chi connectivity index (χ4n) is 1.30. The molecule has 2 N–H and O–H groups in total. The molecule has 1 rings (SSSR count). The molecule has 2 atom stereocenters. The van der Waals surface area contributed by atoms with Gasteiger partial charge in [-0.3, -0.25) is 0 Å². The van der Waals surface area contributed by atoms with Gasteiger partial charge in [-0.1, -0.05) is 32.4 Å². The molecule has 0 aliphatic rings. The molecule has 1 aromatic rings. The molecule has 0 radical (unpaired) electrons. The van der Waals surface area contributed by atoms with Crippen LogP contribution in [0.25, 0.3) is 0 Å². The fourth-order valence-corrected chi connectivity index (χ4v) is 1.30. The molecule has 0 heterocycles. The van der Waals surface area contributed by atoms with Gasteiger partial charge in [0.25, 0.3) is 0 Å². The normalized spacial score (nSPS) is 14.3. The van der Waals surface area contributed by atoms with E-state index in [-0.39, 0.29) is 24.3 Å². The highest BCUT2D eigenvalue weighted by Crippen LogP contribution is 2.21. The first-order valence-corrected chi connectivity index (χ1v) is 4.66. The first kappa shape index (κ1) is 13.4. The third-order valence-corrected chi connectivity index (χ3v) is 2.49. The van der Waals surface area contributed by atoms with Crippen LogP contribution >= 0.6 is 12.4 Å². The van der Waals surface area contributed by atoms with E-state index in [4.69, 9.17) is 5.73 Å². The van der Waals surface area contributed by atoms with Crippen LogP contribution in [0.3, 0.4) is 0 Å². The maximum absolute atomic E-state index is 12.8. The predicted molar refractivity (Wildman–Crippen MR) is 60.0 cm³/mol. The Kier molecular flexibility index (Phi) is 5.73. The van der Waals surface area contributed by atoms with Crippen LogP contribution in [0.4, 0.5) is 4.39 Å². The Bertz CT molecular complexity index is 278. The molecule has 0 aliphatic heterocycles. The second kappa shape index (κ2) is 5.99. The van der Waals surface area contributed by atoms with Crippen LogP contribution in [-0.2, 0) is 0 Å². The van der Waals surface area contributed by atoms with E-state index < -0.39 is 0 Å². The number of nitrogens with two attached hydrogens (primary N) is 1. The molecule has 1 nitrogen and oxygen atoms in total. The van der Waals surface area contributed by atoms with Gasteiger partial charge in [0.1, 0.15) is 5.82 Å². The molecule has 3 heteroatoms. The average Bonchev–Trinajstić information content (AvgIpc) is 2.15. The van der Waals surface area contributed by atoms with Gasteiger partial charge in [0, 0.05) is 6.04 Å². The SMILES string of the molecule is CCC(C)[C@H](N)c1cccc(F)c1.Cl. The molecule has 0 amide bonds. The van der Waals surface area contributed by atoms with Gasteiger partial charge in [0.2, 0.25) is 0 Å². The van der Waals surface area contributed by atoms with Crippen LogP contribution in [-0.4, -0.2) is 0 Å². The Hall–Kier alpha value is -0.600. The zero-order valence-corrected chi connectivity index (χ0v) is 9.35. The first-order chi connectivity index (χ1) is 6.15. The highest BCUT2D eigenvalue weighted by Gasteiger charge is 2.12. The van der Waals surface area contributed by atoms with Gasteiger partial charge < -0.3 is 5.73 Å². The van der Waals surface area contributed by atoms with Crippen LogP contribution in [0.1, 0.15) is 31.9 Å². The summed E-state index contributed by atoms with van der Waals surface area (Å²) in [5, 5.41) is 0. The first-order valence-electron chi connectivity index (χ1n) is 4.66. The van der Waals surface area contributed by atoms with Crippen molar-refractivity contribution in [3.8, 4) is 0 Å². The van der Waals surface area contributed by atoms with Crippen LogP contribution < -0.4 is 5.73 Å². The molecule has 0 fully saturated rings. The molecule has 0 saturated heterocycles. The van der Waals surface area contributed by atoms with Gasteiger partial charge in [-0.15, -0.1) is 12.4 Å². The number of hydrogen-bond acceptors (Lipinski definition) is 1. The van der Waals surface area contributed by atoms with E-state index in [0.717, 1.165) is 12.0 Å². The van der Waals surface area contributed by atoms with Crippen LogP contribution in [0, 0.1) is 11.7 Å². The minimum absolute atomic E-state index is 0. The second-order valence-corrected chi connectivity index (χ2v) is 3.47. The van der Waals surface area contributed by atoms with E-state index in [2.05, 4.69) is 13.8 Å². The Balaban J connectivity index is 0.00000169. The van der Waals surface area contributed by atoms with Gasteiger partial charge in [-0.05, 0) is 23.6 Å². The topological polar surface area (TPSA) is 26.0 Å². The standard InChI is InChI=1S/C11H16FN.ClH/c1-3-8(2)11(13)9-5-4-6-10(12)7-9;/h4-8,11H,3,13H2,1-2H3;1H/t8?,11-;/m0./s1. The van der Waals surface area contributed by atoms with Crippen molar-refractivity contribution in [3.05, 3.63) is 35.6 Å². The van der Waals surface area contributed by atoms with Crippen LogP contribution in [0.15, 0.2) is 24.3 Å². The Morgan fingerprint density at radius 3 is 2.57 bits per heavy atom. The Morgan fingerprint density at radius 2 is 2.07 bits per heavy atom. The maximum atomic E-state index is 12.8. The molecule has 0 bridgehead atoms. The largest absolute Gasteiger partial charge is 0.324 e. The van der Waals surface area contributed by atoms with Crippen LogP contribution in [0.2, 0.25) is 0 Å².